The molecule has 0 aliphatic rings. The third kappa shape index (κ3) is 4.79. The minimum atomic E-state index is 0.451. The third-order valence-corrected chi connectivity index (χ3v) is 3.12. The molecule has 0 saturated heterocycles. The van der Waals surface area contributed by atoms with Crippen LogP contribution in [0.5, 0.6) is 0 Å². The van der Waals surface area contributed by atoms with Gasteiger partial charge in [0.05, 0.1) is 0 Å². The third-order valence-electron chi connectivity index (χ3n) is 3.12. The Bertz CT molecular complexity index is 414. The fourth-order valence-corrected chi connectivity index (χ4v) is 2.17. The van der Waals surface area contributed by atoms with E-state index < -0.39 is 0 Å². The summed E-state index contributed by atoms with van der Waals surface area (Å²) >= 11 is 0. The van der Waals surface area contributed by atoms with Gasteiger partial charge in [0.1, 0.15) is 0 Å². The van der Waals surface area contributed by atoms with E-state index in [1.807, 2.05) is 30.9 Å². The Morgan fingerprint density at radius 3 is 2.47 bits per heavy atom. The van der Waals surface area contributed by atoms with Crippen LogP contribution in [0.4, 0.5) is 0 Å². The minimum absolute atomic E-state index is 0.451. The molecule has 0 aliphatic carbocycles. The molecule has 1 unspecified atom stereocenters. The maximum absolute atomic E-state index is 4.19. The summed E-state index contributed by atoms with van der Waals surface area (Å²) in [5, 5.41) is 3.62. The average Bonchev–Trinajstić information content (AvgIpc) is 2.47. The zero-order chi connectivity index (χ0) is 13.3. The standard InChI is InChI=1S/C16H21N3/c1-2-7-19-16(11-14-5-9-17-10-6-14)12-15-4-3-8-18-13-15/h3-6,8-10,13,16,19H,2,7,11-12H2,1H3. The number of aromatic nitrogens is 2. The smallest absolute Gasteiger partial charge is 0.0300 e. The van der Waals surface area contributed by atoms with Crippen molar-refractivity contribution in [2.24, 2.45) is 0 Å². The van der Waals surface area contributed by atoms with Gasteiger partial charge in [-0.05, 0) is 55.1 Å². The first-order chi connectivity index (χ1) is 9.38. The molecule has 3 nitrogen and oxygen atoms in total. The lowest BCUT2D eigenvalue weighted by atomic mass is 10.0. The molecule has 2 aromatic rings. The number of nitrogens with zero attached hydrogens (tertiary/aromatic N) is 2. The van der Waals surface area contributed by atoms with Gasteiger partial charge in [0, 0.05) is 30.8 Å². The molecule has 2 aromatic heterocycles. The highest BCUT2D eigenvalue weighted by Gasteiger charge is 2.09. The van der Waals surface area contributed by atoms with Gasteiger partial charge < -0.3 is 5.32 Å². The summed E-state index contributed by atoms with van der Waals surface area (Å²) < 4.78 is 0. The van der Waals surface area contributed by atoms with E-state index >= 15 is 0 Å². The Hall–Kier alpha value is -1.74. The molecular formula is C16H21N3. The van der Waals surface area contributed by atoms with Crippen molar-refractivity contribution in [3.8, 4) is 0 Å². The van der Waals surface area contributed by atoms with E-state index in [1.165, 1.54) is 11.1 Å². The van der Waals surface area contributed by atoms with Gasteiger partial charge in [-0.1, -0.05) is 13.0 Å². The second-order valence-corrected chi connectivity index (χ2v) is 4.78. The molecular weight excluding hydrogens is 234 g/mol. The molecule has 0 radical (unpaired) electrons. The van der Waals surface area contributed by atoms with Gasteiger partial charge in [-0.2, -0.15) is 0 Å². The van der Waals surface area contributed by atoms with Gasteiger partial charge in [-0.3, -0.25) is 9.97 Å². The first-order valence-electron chi connectivity index (χ1n) is 6.89. The molecule has 0 fully saturated rings. The van der Waals surface area contributed by atoms with Gasteiger partial charge in [-0.25, -0.2) is 0 Å². The topological polar surface area (TPSA) is 37.8 Å². The highest BCUT2D eigenvalue weighted by Crippen LogP contribution is 2.08. The molecule has 0 saturated carbocycles. The number of pyridine rings is 2. The molecule has 19 heavy (non-hydrogen) atoms. The molecule has 2 rings (SSSR count). The van der Waals surface area contributed by atoms with Crippen LogP contribution in [0.1, 0.15) is 24.5 Å². The lowest BCUT2D eigenvalue weighted by Crippen LogP contribution is -2.33. The monoisotopic (exact) mass is 255 g/mol. The van der Waals surface area contributed by atoms with E-state index in [4.69, 9.17) is 0 Å². The predicted octanol–water partition coefficient (Wildman–Crippen LogP) is 2.63. The zero-order valence-electron chi connectivity index (χ0n) is 11.4. The Morgan fingerprint density at radius 1 is 1.00 bits per heavy atom. The number of hydrogen-bond acceptors (Lipinski definition) is 3. The summed E-state index contributed by atoms with van der Waals surface area (Å²) in [5.41, 5.74) is 2.61. The van der Waals surface area contributed by atoms with Gasteiger partial charge >= 0.3 is 0 Å². The van der Waals surface area contributed by atoms with E-state index in [2.05, 4.69) is 40.4 Å². The first-order valence-corrected chi connectivity index (χ1v) is 6.89. The minimum Gasteiger partial charge on any atom is -0.313 e. The van der Waals surface area contributed by atoms with Crippen LogP contribution in [0, 0.1) is 0 Å². The molecule has 3 heteroatoms. The highest BCUT2D eigenvalue weighted by molar-refractivity contribution is 5.15. The largest absolute Gasteiger partial charge is 0.313 e. The molecule has 1 N–H and O–H groups in total. The van der Waals surface area contributed by atoms with Crippen LogP contribution in [0.2, 0.25) is 0 Å². The molecule has 0 spiro atoms. The molecule has 0 bridgehead atoms. The van der Waals surface area contributed by atoms with Crippen LogP contribution in [-0.2, 0) is 12.8 Å². The lowest BCUT2D eigenvalue weighted by Gasteiger charge is -2.18. The van der Waals surface area contributed by atoms with Gasteiger partial charge in [-0.15, -0.1) is 0 Å². The molecule has 0 aromatic carbocycles. The Labute approximate surface area is 115 Å². The maximum atomic E-state index is 4.19. The second kappa shape index (κ2) is 7.64. The Kier molecular flexibility index (Phi) is 5.50. The molecule has 2 heterocycles. The SMILES string of the molecule is CCCNC(Cc1ccncc1)Cc1cccnc1. The van der Waals surface area contributed by atoms with Gasteiger partial charge in [0.15, 0.2) is 0 Å². The second-order valence-electron chi connectivity index (χ2n) is 4.78. The summed E-state index contributed by atoms with van der Waals surface area (Å²) in [6, 6.07) is 8.76. The van der Waals surface area contributed by atoms with E-state index in [9.17, 15) is 0 Å². The molecule has 0 aliphatic heterocycles. The van der Waals surface area contributed by atoms with Crippen molar-refractivity contribution >= 4 is 0 Å². The van der Waals surface area contributed by atoms with Gasteiger partial charge in [0.25, 0.3) is 0 Å². The number of rotatable bonds is 7. The van der Waals surface area contributed by atoms with Crippen LogP contribution in [0.15, 0.2) is 49.1 Å². The van der Waals surface area contributed by atoms with Crippen LogP contribution in [0.3, 0.4) is 0 Å². The fourth-order valence-electron chi connectivity index (χ4n) is 2.17. The predicted molar refractivity (Wildman–Crippen MR) is 78.0 cm³/mol. The summed E-state index contributed by atoms with van der Waals surface area (Å²) in [4.78, 5) is 8.26. The average molecular weight is 255 g/mol. The summed E-state index contributed by atoms with van der Waals surface area (Å²) in [5.74, 6) is 0. The number of nitrogens with one attached hydrogen (secondary N) is 1. The Morgan fingerprint density at radius 2 is 1.79 bits per heavy atom. The fraction of sp³-hybridized carbons (Fsp3) is 0.375. The molecule has 1 atom stereocenters. The van der Waals surface area contributed by atoms with Crippen molar-refractivity contribution in [1.82, 2.24) is 15.3 Å². The van der Waals surface area contributed by atoms with Crippen molar-refractivity contribution in [2.45, 2.75) is 32.2 Å². The first kappa shape index (κ1) is 13.7. The van der Waals surface area contributed by atoms with Crippen molar-refractivity contribution in [3.63, 3.8) is 0 Å². The van der Waals surface area contributed by atoms with Crippen LogP contribution in [-0.4, -0.2) is 22.6 Å². The lowest BCUT2D eigenvalue weighted by molar-refractivity contribution is 0.504. The maximum Gasteiger partial charge on any atom is 0.0300 e. The number of hydrogen-bond donors (Lipinski definition) is 1. The van der Waals surface area contributed by atoms with E-state index in [1.54, 1.807) is 0 Å². The van der Waals surface area contributed by atoms with Crippen molar-refractivity contribution in [2.75, 3.05) is 6.54 Å². The van der Waals surface area contributed by atoms with Crippen molar-refractivity contribution in [1.29, 1.82) is 0 Å². The van der Waals surface area contributed by atoms with Crippen LogP contribution in [0.25, 0.3) is 0 Å². The van der Waals surface area contributed by atoms with Crippen molar-refractivity contribution < 1.29 is 0 Å². The molecule has 0 amide bonds. The zero-order valence-corrected chi connectivity index (χ0v) is 11.4. The summed E-state index contributed by atoms with van der Waals surface area (Å²) in [6.45, 7) is 3.25. The van der Waals surface area contributed by atoms with E-state index in [0.29, 0.717) is 6.04 Å². The van der Waals surface area contributed by atoms with Crippen LogP contribution < -0.4 is 5.32 Å². The van der Waals surface area contributed by atoms with E-state index in [-0.39, 0.29) is 0 Å². The molecule has 100 valence electrons. The van der Waals surface area contributed by atoms with Gasteiger partial charge in [0.2, 0.25) is 0 Å². The Balaban J connectivity index is 1.99. The highest BCUT2D eigenvalue weighted by atomic mass is 14.9. The van der Waals surface area contributed by atoms with E-state index in [0.717, 1.165) is 25.8 Å². The normalized spacial score (nSPS) is 12.3. The van der Waals surface area contributed by atoms with Crippen LogP contribution >= 0.6 is 0 Å². The van der Waals surface area contributed by atoms with Crippen molar-refractivity contribution in [3.05, 3.63) is 60.2 Å². The quantitative estimate of drug-likeness (QED) is 0.826. The summed E-state index contributed by atoms with van der Waals surface area (Å²) in [7, 11) is 0. The summed E-state index contributed by atoms with van der Waals surface area (Å²) in [6.07, 6.45) is 10.7.